The fraction of sp³-hybridized carbons (Fsp3) is 0.421. The third kappa shape index (κ3) is 4.61. The summed E-state index contributed by atoms with van der Waals surface area (Å²) in [5.74, 6) is 0.505. The lowest BCUT2D eigenvalue weighted by Crippen LogP contribution is -2.52. The van der Waals surface area contributed by atoms with Gasteiger partial charge in [-0.15, -0.1) is 0 Å². The van der Waals surface area contributed by atoms with Crippen LogP contribution in [0, 0.1) is 6.92 Å². The number of ether oxygens (including phenoxy) is 1. The Morgan fingerprint density at radius 3 is 3.04 bits per heavy atom. The Hall–Kier alpha value is -2.31. The zero-order chi connectivity index (χ0) is 17.6. The molecule has 6 heteroatoms. The molecule has 2 atom stereocenters. The van der Waals surface area contributed by atoms with Gasteiger partial charge >= 0.3 is 6.03 Å². The van der Waals surface area contributed by atoms with Crippen LogP contribution in [-0.2, 0) is 11.3 Å². The molecule has 0 spiro atoms. The number of nitrogens with zero attached hydrogens (tertiary/aromatic N) is 1. The van der Waals surface area contributed by atoms with Crippen molar-refractivity contribution in [3.63, 3.8) is 0 Å². The number of aliphatic hydroxyl groups is 1. The molecule has 2 amide bonds. The number of aliphatic hydroxyl groups excluding tert-OH is 1. The molecular weight excluding hydrogens is 320 g/mol. The first-order valence-corrected chi connectivity index (χ1v) is 8.52. The lowest BCUT2D eigenvalue weighted by atomic mass is 10.1. The minimum atomic E-state index is -0.756. The van der Waals surface area contributed by atoms with Crippen LogP contribution in [0.1, 0.15) is 29.4 Å². The van der Waals surface area contributed by atoms with E-state index >= 15 is 0 Å². The van der Waals surface area contributed by atoms with Gasteiger partial charge in [-0.3, -0.25) is 0 Å². The Bertz CT molecular complexity index is 686. The molecule has 2 unspecified atom stereocenters. The molecule has 0 saturated carbocycles. The zero-order valence-electron chi connectivity index (χ0n) is 14.4. The van der Waals surface area contributed by atoms with Gasteiger partial charge in [0.15, 0.2) is 0 Å². The Morgan fingerprint density at radius 1 is 1.40 bits per heavy atom. The average molecular weight is 344 g/mol. The molecule has 1 saturated heterocycles. The third-order valence-corrected chi connectivity index (χ3v) is 4.38. The molecule has 25 heavy (non-hydrogen) atoms. The van der Waals surface area contributed by atoms with Crippen LogP contribution in [0.15, 0.2) is 47.1 Å². The summed E-state index contributed by atoms with van der Waals surface area (Å²) in [4.78, 5) is 14.3. The van der Waals surface area contributed by atoms with Crippen molar-refractivity contribution in [1.82, 2.24) is 10.2 Å². The maximum absolute atomic E-state index is 12.6. The molecule has 2 heterocycles. The second kappa shape index (κ2) is 8.18. The highest BCUT2D eigenvalue weighted by Crippen LogP contribution is 2.23. The van der Waals surface area contributed by atoms with Gasteiger partial charge in [0.05, 0.1) is 25.5 Å². The molecule has 1 aromatic carbocycles. The normalized spacial score (nSPS) is 18.8. The van der Waals surface area contributed by atoms with E-state index in [2.05, 4.69) is 11.4 Å². The fourth-order valence-electron chi connectivity index (χ4n) is 3.07. The molecule has 1 aliphatic heterocycles. The van der Waals surface area contributed by atoms with Crippen molar-refractivity contribution in [3.8, 4) is 0 Å². The zero-order valence-corrected chi connectivity index (χ0v) is 14.4. The van der Waals surface area contributed by atoms with E-state index in [1.54, 1.807) is 17.0 Å². The number of hydrogen-bond acceptors (Lipinski definition) is 4. The summed E-state index contributed by atoms with van der Waals surface area (Å²) in [6, 6.07) is 11.2. The minimum Gasteiger partial charge on any atom is -0.467 e. The van der Waals surface area contributed by atoms with E-state index in [1.165, 1.54) is 6.26 Å². The first-order chi connectivity index (χ1) is 12.1. The monoisotopic (exact) mass is 344 g/mol. The van der Waals surface area contributed by atoms with Gasteiger partial charge in [-0.05, 0) is 24.6 Å². The first-order valence-electron chi connectivity index (χ1n) is 8.52. The number of nitrogens with one attached hydrogen (secondary N) is 1. The number of benzene rings is 1. The number of rotatable bonds is 5. The Labute approximate surface area is 147 Å². The van der Waals surface area contributed by atoms with E-state index in [0.29, 0.717) is 38.5 Å². The minimum absolute atomic E-state index is 0.138. The lowest BCUT2D eigenvalue weighted by Gasteiger charge is -2.36. The number of aryl methyl sites for hydroxylation is 1. The first kappa shape index (κ1) is 17.5. The van der Waals surface area contributed by atoms with Crippen LogP contribution >= 0.6 is 0 Å². The molecule has 134 valence electrons. The summed E-state index contributed by atoms with van der Waals surface area (Å²) in [7, 11) is 0. The van der Waals surface area contributed by atoms with Crippen LogP contribution in [-0.4, -0.2) is 41.8 Å². The molecule has 1 fully saturated rings. The summed E-state index contributed by atoms with van der Waals surface area (Å²) in [6.07, 6.45) is 1.15. The molecular formula is C19H24N2O4. The van der Waals surface area contributed by atoms with E-state index < -0.39 is 6.10 Å². The Morgan fingerprint density at radius 2 is 2.28 bits per heavy atom. The maximum Gasteiger partial charge on any atom is 0.318 e. The summed E-state index contributed by atoms with van der Waals surface area (Å²) in [5.41, 5.74) is 2.23. The van der Waals surface area contributed by atoms with Crippen LogP contribution in [0.3, 0.4) is 0 Å². The van der Waals surface area contributed by atoms with Crippen molar-refractivity contribution in [3.05, 3.63) is 59.5 Å². The number of hydrogen-bond donors (Lipinski definition) is 2. The second-order valence-electron chi connectivity index (χ2n) is 6.34. The molecule has 2 aromatic rings. The molecule has 6 nitrogen and oxygen atoms in total. The molecule has 2 N–H and O–H groups in total. The molecule has 1 aromatic heterocycles. The number of morpholine rings is 1. The number of amides is 2. The SMILES string of the molecule is Cc1cccc(CNC(=O)N2CCOCC2CC(O)c2ccco2)c1. The van der Waals surface area contributed by atoms with Crippen molar-refractivity contribution < 1.29 is 19.1 Å². The van der Waals surface area contributed by atoms with Crippen molar-refractivity contribution in [2.75, 3.05) is 19.8 Å². The van der Waals surface area contributed by atoms with Crippen LogP contribution in [0.4, 0.5) is 4.79 Å². The third-order valence-electron chi connectivity index (χ3n) is 4.38. The van der Waals surface area contributed by atoms with Crippen LogP contribution in [0.25, 0.3) is 0 Å². The van der Waals surface area contributed by atoms with Crippen molar-refractivity contribution in [1.29, 1.82) is 0 Å². The fourth-order valence-corrected chi connectivity index (χ4v) is 3.07. The molecule has 0 aliphatic carbocycles. The van der Waals surface area contributed by atoms with E-state index in [1.807, 2.05) is 25.1 Å². The van der Waals surface area contributed by atoms with E-state index in [-0.39, 0.29) is 12.1 Å². The van der Waals surface area contributed by atoms with E-state index in [4.69, 9.17) is 9.15 Å². The van der Waals surface area contributed by atoms with Gasteiger partial charge in [-0.2, -0.15) is 0 Å². The number of furan rings is 1. The maximum atomic E-state index is 12.6. The Balaban J connectivity index is 1.58. The van der Waals surface area contributed by atoms with Gasteiger partial charge in [-0.1, -0.05) is 29.8 Å². The van der Waals surface area contributed by atoms with Crippen LogP contribution in [0.2, 0.25) is 0 Å². The molecule has 0 radical (unpaired) electrons. The van der Waals surface area contributed by atoms with Gasteiger partial charge in [-0.25, -0.2) is 4.79 Å². The largest absolute Gasteiger partial charge is 0.467 e. The standard InChI is InChI=1S/C19H24N2O4/c1-14-4-2-5-15(10-14)12-20-19(23)21-7-9-24-13-16(21)11-17(22)18-6-3-8-25-18/h2-6,8,10,16-17,22H,7,9,11-13H2,1H3,(H,20,23). The van der Waals surface area contributed by atoms with Gasteiger partial charge < -0.3 is 24.5 Å². The number of carbonyl (C=O) groups is 1. The average Bonchev–Trinajstić information content (AvgIpc) is 3.15. The van der Waals surface area contributed by atoms with Gasteiger partial charge in [0.25, 0.3) is 0 Å². The summed E-state index contributed by atoms with van der Waals surface area (Å²) >= 11 is 0. The number of urea groups is 1. The van der Waals surface area contributed by atoms with E-state index in [9.17, 15) is 9.90 Å². The summed E-state index contributed by atoms with van der Waals surface area (Å²) in [5, 5.41) is 13.3. The van der Waals surface area contributed by atoms with E-state index in [0.717, 1.165) is 11.1 Å². The summed E-state index contributed by atoms with van der Waals surface area (Å²) < 4.78 is 10.7. The highest BCUT2D eigenvalue weighted by atomic mass is 16.5. The quantitative estimate of drug-likeness (QED) is 0.874. The van der Waals surface area contributed by atoms with Gasteiger partial charge in [0.2, 0.25) is 0 Å². The second-order valence-corrected chi connectivity index (χ2v) is 6.34. The van der Waals surface area contributed by atoms with Gasteiger partial charge in [0.1, 0.15) is 11.9 Å². The predicted octanol–water partition coefficient (Wildman–Crippen LogP) is 2.62. The van der Waals surface area contributed by atoms with Crippen LogP contribution in [0.5, 0.6) is 0 Å². The lowest BCUT2D eigenvalue weighted by molar-refractivity contribution is -0.00974. The summed E-state index contributed by atoms with van der Waals surface area (Å²) in [6.45, 7) is 3.93. The van der Waals surface area contributed by atoms with Crippen LogP contribution < -0.4 is 5.32 Å². The number of carbonyl (C=O) groups excluding carboxylic acids is 1. The van der Waals surface area contributed by atoms with Crippen molar-refractivity contribution in [2.24, 2.45) is 0 Å². The smallest absolute Gasteiger partial charge is 0.318 e. The molecule has 1 aliphatic rings. The predicted molar refractivity (Wildman–Crippen MR) is 93.0 cm³/mol. The van der Waals surface area contributed by atoms with Crippen molar-refractivity contribution >= 4 is 6.03 Å². The topological polar surface area (TPSA) is 74.9 Å². The Kier molecular flexibility index (Phi) is 5.73. The highest BCUT2D eigenvalue weighted by molar-refractivity contribution is 5.74. The molecule has 3 rings (SSSR count). The van der Waals surface area contributed by atoms with Gasteiger partial charge in [0, 0.05) is 19.5 Å². The van der Waals surface area contributed by atoms with Crippen molar-refractivity contribution in [2.45, 2.75) is 32.0 Å². The molecule has 0 bridgehead atoms. The highest BCUT2D eigenvalue weighted by Gasteiger charge is 2.30.